The smallest absolute Gasteiger partial charge is 0.347 e. The number of fused-ring (bicyclic) bond motifs is 1. The minimum Gasteiger partial charge on any atom is -0.504 e. The maximum atomic E-state index is 13.4. The second kappa shape index (κ2) is 13.9. The maximum Gasteiger partial charge on any atom is 0.347 e. The third-order valence-electron chi connectivity index (χ3n) is 7.77. The number of amides is 5. The van der Waals surface area contributed by atoms with Gasteiger partial charge in [-0.25, -0.2) is 24.4 Å². The van der Waals surface area contributed by atoms with Gasteiger partial charge in [-0.15, -0.1) is 11.3 Å². The van der Waals surface area contributed by atoms with E-state index < -0.39 is 98.2 Å². The van der Waals surface area contributed by atoms with Gasteiger partial charge in [-0.1, -0.05) is 41.9 Å². The highest BCUT2D eigenvalue weighted by Gasteiger charge is 2.66. The molecule has 0 spiro atoms. The number of hydrogen-bond donors (Lipinski definition) is 7. The van der Waals surface area contributed by atoms with Gasteiger partial charge in [0.25, 0.3) is 11.7 Å². The van der Waals surface area contributed by atoms with Gasteiger partial charge in [0.2, 0.25) is 16.9 Å². The average Bonchev–Trinajstić information content (AvgIpc) is 3.77. The summed E-state index contributed by atoms with van der Waals surface area (Å²) in [6.07, 6.45) is -0.889. The molecule has 0 bridgehead atoms. The van der Waals surface area contributed by atoms with Crippen molar-refractivity contribution in [2.45, 2.75) is 42.2 Å². The molecule has 3 aliphatic heterocycles. The first-order chi connectivity index (χ1) is 23.6. The minimum atomic E-state index is -2.08. The zero-order valence-corrected chi connectivity index (χ0v) is 28.0. The molecule has 4 atom stereocenters. The molecule has 1 unspecified atom stereocenters. The number of phenols is 2. The number of anilines is 1. The van der Waals surface area contributed by atoms with Crippen LogP contribution in [0, 0.1) is 0 Å². The Kier molecular flexibility index (Phi) is 9.97. The number of thiazole rings is 1. The number of carboxylic acids is 2. The summed E-state index contributed by atoms with van der Waals surface area (Å²) in [6, 6.07) is -0.421. The lowest BCUT2D eigenvalue weighted by Crippen LogP contribution is -2.68. The number of carboxylic acid groups (broad SMARTS) is 2. The standard InChI is InChI=1S/C27H27ClN8O12S2/c1-2-3-13(23(43)44)48-33-15(11-8-49-25(29)30-11)19(40)31-16-21(42)34-9-27(24(45)46,50-22(16)34)35-6-7-36(26(35)47)32-20(41)17(38)10-4-5-12(37)18(39)14(10)28/h4-5,8,13,16,22,37,39H,2-3,6-7,9H2,1H3,(H2,29,30)(H,31,40)(H,32,41)(H,43,44)(H,45,46)/b33-15-/t13?,16-,22-,27-/m1/s1. The van der Waals surface area contributed by atoms with Gasteiger partial charge in [0, 0.05) is 11.9 Å². The van der Waals surface area contributed by atoms with Crippen LogP contribution in [0.3, 0.4) is 0 Å². The van der Waals surface area contributed by atoms with Crippen molar-refractivity contribution in [1.29, 1.82) is 0 Å². The summed E-state index contributed by atoms with van der Waals surface area (Å²) in [4.78, 5) is 98.6. The van der Waals surface area contributed by atoms with E-state index in [-0.39, 0.29) is 30.3 Å². The molecule has 0 aliphatic carbocycles. The van der Waals surface area contributed by atoms with E-state index in [1.807, 2.05) is 0 Å². The Hall–Kier alpha value is -5.35. The second-order valence-electron chi connectivity index (χ2n) is 10.9. The summed E-state index contributed by atoms with van der Waals surface area (Å²) in [5, 5.41) is 45.8. The maximum absolute atomic E-state index is 13.4. The zero-order chi connectivity index (χ0) is 36.7. The average molecular weight is 755 g/mol. The zero-order valence-electron chi connectivity index (χ0n) is 25.6. The van der Waals surface area contributed by atoms with Crippen LogP contribution >= 0.6 is 34.7 Å². The van der Waals surface area contributed by atoms with Crippen molar-refractivity contribution in [3.8, 4) is 11.5 Å². The van der Waals surface area contributed by atoms with Crippen LogP contribution < -0.4 is 16.5 Å². The molecular formula is C27H27ClN8O12S2. The molecule has 50 heavy (non-hydrogen) atoms. The van der Waals surface area contributed by atoms with Crippen LogP contribution in [-0.2, 0) is 28.8 Å². The Morgan fingerprint density at radius 1 is 1.18 bits per heavy atom. The number of β-lactam (4-membered cyclic amide) rings is 1. The van der Waals surface area contributed by atoms with Crippen molar-refractivity contribution in [1.82, 2.24) is 30.5 Å². The number of aromatic nitrogens is 1. The molecule has 3 saturated heterocycles. The number of hydrogen-bond acceptors (Lipinski definition) is 15. The van der Waals surface area contributed by atoms with Crippen LogP contribution in [0.5, 0.6) is 11.5 Å². The molecule has 1 aromatic carbocycles. The summed E-state index contributed by atoms with van der Waals surface area (Å²) in [6.45, 7) is 0.685. The molecule has 20 nitrogen and oxygen atoms in total. The van der Waals surface area contributed by atoms with Gasteiger partial charge < -0.3 is 41.2 Å². The number of nitrogen functional groups attached to an aromatic ring is 1. The quantitative estimate of drug-likeness (QED) is 0.0342. The van der Waals surface area contributed by atoms with E-state index in [0.717, 1.165) is 33.3 Å². The Morgan fingerprint density at radius 3 is 2.52 bits per heavy atom. The number of aliphatic carboxylic acids is 2. The summed E-state index contributed by atoms with van der Waals surface area (Å²) in [7, 11) is 0. The highest BCUT2D eigenvalue weighted by molar-refractivity contribution is 8.02. The first kappa shape index (κ1) is 35.9. The number of aromatic hydroxyl groups is 2. The van der Waals surface area contributed by atoms with Crippen LogP contribution in [0.25, 0.3) is 0 Å². The van der Waals surface area contributed by atoms with Crippen molar-refractivity contribution in [2.75, 3.05) is 25.4 Å². The molecule has 0 saturated carbocycles. The number of ketones is 1. The van der Waals surface area contributed by atoms with Crippen molar-refractivity contribution in [3.63, 3.8) is 0 Å². The summed E-state index contributed by atoms with van der Waals surface area (Å²) < 4.78 is 0. The van der Waals surface area contributed by atoms with Crippen LogP contribution in [-0.4, -0.2) is 129 Å². The van der Waals surface area contributed by atoms with Crippen molar-refractivity contribution < 1.29 is 58.8 Å². The van der Waals surface area contributed by atoms with E-state index in [1.54, 1.807) is 6.92 Å². The number of carbonyl (C=O) groups excluding carboxylic acids is 5. The number of halogens is 1. The fraction of sp³-hybridized carbons (Fsp3) is 0.370. The normalized spacial score (nSPS) is 22.1. The lowest BCUT2D eigenvalue weighted by molar-refractivity contribution is -0.151. The fourth-order valence-electron chi connectivity index (χ4n) is 5.22. The van der Waals surface area contributed by atoms with E-state index >= 15 is 0 Å². The van der Waals surface area contributed by atoms with Crippen LogP contribution in [0.15, 0.2) is 22.7 Å². The van der Waals surface area contributed by atoms with Gasteiger partial charge in [0.15, 0.2) is 22.3 Å². The largest absolute Gasteiger partial charge is 0.504 e. The Morgan fingerprint density at radius 2 is 1.90 bits per heavy atom. The van der Waals surface area contributed by atoms with Gasteiger partial charge in [-0.2, -0.15) is 0 Å². The number of carbonyl (C=O) groups is 7. The molecule has 4 heterocycles. The molecule has 0 radical (unpaired) electrons. The number of nitrogens with one attached hydrogen (secondary N) is 2. The van der Waals surface area contributed by atoms with Crippen LogP contribution in [0.4, 0.5) is 9.93 Å². The van der Waals surface area contributed by atoms with Crippen LogP contribution in [0.1, 0.15) is 35.8 Å². The number of oxime groups is 1. The Balaban J connectivity index is 1.30. The number of rotatable bonds is 13. The predicted octanol–water partition coefficient (Wildman–Crippen LogP) is -0.404. The molecular weight excluding hydrogens is 728 g/mol. The lowest BCUT2D eigenvalue weighted by atomic mass is 10.1. The molecule has 5 rings (SSSR count). The number of Topliss-reactive ketones (excluding diaryl/α,β-unsaturated/α-hetero) is 1. The summed E-state index contributed by atoms with van der Waals surface area (Å²) >= 11 is 7.50. The Labute approximate surface area is 293 Å². The summed E-state index contributed by atoms with van der Waals surface area (Å²) in [5.41, 5.74) is 6.73. The third kappa shape index (κ3) is 6.38. The van der Waals surface area contributed by atoms with Crippen molar-refractivity contribution in [2.24, 2.45) is 5.16 Å². The first-order valence-electron chi connectivity index (χ1n) is 14.5. The van der Waals surface area contributed by atoms with Crippen molar-refractivity contribution >= 4 is 87.0 Å². The SMILES string of the molecule is CCCC(O/N=C(\C(=O)N[C@@H]1C(=O)N2C[C@@](C(=O)O)(N3CCN(NC(=O)C(=O)c4ccc(O)c(O)c4Cl)C3=O)S[C@H]12)c1csc(N)n1)C(=O)O. The first-order valence-corrected chi connectivity index (χ1v) is 16.6. The van der Waals surface area contributed by atoms with E-state index in [0.29, 0.717) is 23.2 Å². The van der Waals surface area contributed by atoms with E-state index in [2.05, 4.69) is 20.9 Å². The molecule has 23 heteroatoms. The second-order valence-corrected chi connectivity index (χ2v) is 13.6. The monoisotopic (exact) mass is 754 g/mol. The van der Waals surface area contributed by atoms with Gasteiger partial charge in [0.1, 0.15) is 17.1 Å². The topological polar surface area (TPSA) is 295 Å². The number of urea groups is 1. The molecule has 1 aromatic heterocycles. The lowest BCUT2D eigenvalue weighted by Gasteiger charge is -2.41. The van der Waals surface area contributed by atoms with Gasteiger partial charge >= 0.3 is 23.9 Å². The summed E-state index contributed by atoms with van der Waals surface area (Å²) in [5.74, 6) is -8.64. The van der Waals surface area contributed by atoms with Crippen LogP contribution in [0.2, 0.25) is 5.02 Å². The van der Waals surface area contributed by atoms with E-state index in [1.165, 1.54) is 5.38 Å². The van der Waals surface area contributed by atoms with E-state index in [9.17, 15) is 54.0 Å². The third-order valence-corrected chi connectivity index (χ3v) is 10.5. The molecule has 2 aromatic rings. The molecule has 266 valence electrons. The molecule has 5 amide bonds. The van der Waals surface area contributed by atoms with Gasteiger partial charge in [0.05, 0.1) is 23.7 Å². The highest BCUT2D eigenvalue weighted by atomic mass is 35.5. The molecule has 8 N–H and O–H groups in total. The van der Waals surface area contributed by atoms with E-state index in [4.69, 9.17) is 22.2 Å². The number of nitrogens with two attached hydrogens (primary N) is 1. The van der Waals surface area contributed by atoms with Gasteiger partial charge in [-0.3, -0.25) is 29.5 Å². The number of hydrazine groups is 1. The van der Waals surface area contributed by atoms with Crippen molar-refractivity contribution in [3.05, 3.63) is 33.8 Å². The number of thioether (sulfide) groups is 1. The molecule has 3 fully saturated rings. The number of nitrogens with zero attached hydrogens (tertiary/aromatic N) is 5. The Bertz CT molecular complexity index is 1840. The van der Waals surface area contributed by atoms with Gasteiger partial charge in [-0.05, 0) is 18.6 Å². The minimum absolute atomic E-state index is 0.0562. The fourth-order valence-corrected chi connectivity index (χ4v) is 7.65. The predicted molar refractivity (Wildman–Crippen MR) is 172 cm³/mol. The number of benzene rings is 1. The highest BCUT2D eigenvalue weighted by Crippen LogP contribution is 2.49. The molecule has 3 aliphatic rings. The number of phenolic OH excluding ortho intramolecular Hbond substituents is 2.